The van der Waals surface area contributed by atoms with E-state index < -0.39 is 0 Å². The number of halogens is 1. The van der Waals surface area contributed by atoms with Gasteiger partial charge in [0.2, 0.25) is 0 Å². The molecule has 0 aromatic carbocycles. The summed E-state index contributed by atoms with van der Waals surface area (Å²) in [6, 6.07) is 4.78. The lowest BCUT2D eigenvalue weighted by Gasteiger charge is -1.99. The first-order valence-electron chi connectivity index (χ1n) is 5.20. The van der Waals surface area contributed by atoms with Crippen molar-refractivity contribution in [1.29, 1.82) is 0 Å². The van der Waals surface area contributed by atoms with Crippen LogP contribution < -0.4 is 5.32 Å². The van der Waals surface area contributed by atoms with Crippen LogP contribution in [0.5, 0.6) is 0 Å². The van der Waals surface area contributed by atoms with Gasteiger partial charge in [-0.05, 0) is 12.1 Å². The summed E-state index contributed by atoms with van der Waals surface area (Å²) in [5, 5.41) is 9.97. The molecule has 2 rings (SSSR count). The second-order valence-electron chi connectivity index (χ2n) is 3.45. The van der Waals surface area contributed by atoms with Crippen molar-refractivity contribution in [1.82, 2.24) is 15.2 Å². The molecular weight excluding hydrogens is 223 g/mol. The van der Waals surface area contributed by atoms with Crippen molar-refractivity contribution in [2.45, 2.75) is 0 Å². The molecule has 0 spiro atoms. The summed E-state index contributed by atoms with van der Waals surface area (Å²) in [4.78, 5) is 3.96. The van der Waals surface area contributed by atoms with Gasteiger partial charge in [-0.3, -0.25) is 10.1 Å². The Labute approximate surface area is 98.0 Å². The van der Waals surface area contributed by atoms with E-state index in [-0.39, 0.29) is 5.82 Å². The van der Waals surface area contributed by atoms with Crippen LogP contribution in [0.25, 0.3) is 11.4 Å². The average molecular weight is 236 g/mol. The van der Waals surface area contributed by atoms with Crippen LogP contribution in [0.4, 0.5) is 10.2 Å². The van der Waals surface area contributed by atoms with Crippen LogP contribution in [0.15, 0.2) is 24.4 Å². The zero-order chi connectivity index (χ0) is 12.1. The topological polar surface area (TPSA) is 62.8 Å². The minimum atomic E-state index is -0.355. The molecule has 6 heteroatoms. The number of hydrogen-bond acceptors (Lipinski definition) is 4. The smallest absolute Gasteiger partial charge is 0.148 e. The predicted molar refractivity (Wildman–Crippen MR) is 62.1 cm³/mol. The van der Waals surface area contributed by atoms with Gasteiger partial charge in [0, 0.05) is 19.7 Å². The maximum absolute atomic E-state index is 12.7. The Bertz CT molecular complexity index is 469. The van der Waals surface area contributed by atoms with E-state index in [4.69, 9.17) is 4.74 Å². The van der Waals surface area contributed by atoms with Gasteiger partial charge in [0.1, 0.15) is 11.6 Å². The van der Waals surface area contributed by atoms with Gasteiger partial charge in [-0.1, -0.05) is 0 Å². The van der Waals surface area contributed by atoms with Gasteiger partial charge in [-0.15, -0.1) is 0 Å². The molecule has 0 aliphatic carbocycles. The maximum atomic E-state index is 12.7. The van der Waals surface area contributed by atoms with Gasteiger partial charge in [0.15, 0.2) is 0 Å². The van der Waals surface area contributed by atoms with Crippen LogP contribution in [0.2, 0.25) is 0 Å². The highest BCUT2D eigenvalue weighted by atomic mass is 19.1. The van der Waals surface area contributed by atoms with E-state index in [9.17, 15) is 4.39 Å². The number of nitrogens with zero attached hydrogens (tertiary/aromatic N) is 2. The molecule has 0 aliphatic heterocycles. The van der Waals surface area contributed by atoms with Crippen molar-refractivity contribution in [3.8, 4) is 11.4 Å². The maximum Gasteiger partial charge on any atom is 0.148 e. The number of nitrogens with one attached hydrogen (secondary N) is 2. The van der Waals surface area contributed by atoms with Crippen molar-refractivity contribution < 1.29 is 9.13 Å². The Hall–Kier alpha value is -1.95. The fourth-order valence-corrected chi connectivity index (χ4v) is 1.36. The molecule has 17 heavy (non-hydrogen) atoms. The molecule has 0 unspecified atom stereocenters. The monoisotopic (exact) mass is 236 g/mol. The Morgan fingerprint density at radius 1 is 1.47 bits per heavy atom. The van der Waals surface area contributed by atoms with Crippen LogP contribution >= 0.6 is 0 Å². The van der Waals surface area contributed by atoms with Crippen LogP contribution in [-0.4, -0.2) is 35.4 Å². The lowest BCUT2D eigenvalue weighted by Crippen LogP contribution is -2.07. The zero-order valence-electron chi connectivity index (χ0n) is 9.40. The number of H-pyrrole nitrogens is 1. The molecule has 0 saturated heterocycles. The van der Waals surface area contributed by atoms with Gasteiger partial charge in [0.25, 0.3) is 0 Å². The van der Waals surface area contributed by atoms with Crippen molar-refractivity contribution in [2.24, 2.45) is 0 Å². The molecule has 0 atom stereocenters. The van der Waals surface area contributed by atoms with Crippen LogP contribution in [0, 0.1) is 5.82 Å². The first-order valence-corrected chi connectivity index (χ1v) is 5.20. The number of aromatic amines is 1. The summed E-state index contributed by atoms with van der Waals surface area (Å²) >= 11 is 0. The van der Waals surface area contributed by atoms with E-state index in [1.165, 1.54) is 12.3 Å². The van der Waals surface area contributed by atoms with Gasteiger partial charge in [0.05, 0.1) is 24.2 Å². The molecule has 2 aromatic rings. The normalized spacial score (nSPS) is 10.5. The lowest BCUT2D eigenvalue weighted by molar-refractivity contribution is 0.210. The first kappa shape index (κ1) is 11.5. The van der Waals surface area contributed by atoms with Gasteiger partial charge in [-0.25, -0.2) is 4.39 Å². The van der Waals surface area contributed by atoms with Crippen molar-refractivity contribution in [2.75, 3.05) is 25.6 Å². The molecule has 2 aromatic heterocycles. The molecular formula is C11H13FN4O. The van der Waals surface area contributed by atoms with Crippen LogP contribution in [0.3, 0.4) is 0 Å². The second kappa shape index (κ2) is 5.40. The Morgan fingerprint density at radius 3 is 3.06 bits per heavy atom. The molecule has 5 nitrogen and oxygen atoms in total. The van der Waals surface area contributed by atoms with E-state index in [1.54, 1.807) is 13.2 Å². The van der Waals surface area contributed by atoms with Gasteiger partial charge < -0.3 is 10.1 Å². The number of pyridine rings is 1. The molecule has 90 valence electrons. The third kappa shape index (κ3) is 3.01. The molecule has 0 bridgehead atoms. The molecule has 0 saturated carbocycles. The molecule has 0 radical (unpaired) electrons. The van der Waals surface area contributed by atoms with Crippen molar-refractivity contribution in [3.63, 3.8) is 0 Å². The standard InChI is InChI=1S/C11H13FN4O/c1-17-5-4-13-11-6-10(15-16-11)9-3-2-8(12)7-14-9/h2-3,6-7H,4-5H2,1H3,(H2,13,15,16). The number of rotatable bonds is 5. The van der Waals surface area contributed by atoms with Crippen LogP contribution in [0.1, 0.15) is 0 Å². The summed E-state index contributed by atoms with van der Waals surface area (Å²) in [5.41, 5.74) is 1.39. The lowest BCUT2D eigenvalue weighted by atomic mass is 10.3. The third-order valence-electron chi connectivity index (χ3n) is 2.19. The minimum Gasteiger partial charge on any atom is -0.383 e. The van der Waals surface area contributed by atoms with E-state index in [1.807, 2.05) is 6.07 Å². The number of methoxy groups -OCH3 is 1. The number of hydrogen-bond donors (Lipinski definition) is 2. The molecule has 2 heterocycles. The zero-order valence-corrected chi connectivity index (χ0v) is 9.40. The predicted octanol–water partition coefficient (Wildman–Crippen LogP) is 1.67. The average Bonchev–Trinajstić information content (AvgIpc) is 2.79. The Kier molecular flexibility index (Phi) is 3.66. The number of anilines is 1. The highest BCUT2D eigenvalue weighted by Gasteiger charge is 2.04. The van der Waals surface area contributed by atoms with E-state index in [0.717, 1.165) is 5.69 Å². The first-order chi connectivity index (χ1) is 8.29. The summed E-state index contributed by atoms with van der Waals surface area (Å²) in [6.45, 7) is 1.29. The van der Waals surface area contributed by atoms with Crippen LogP contribution in [-0.2, 0) is 4.74 Å². The third-order valence-corrected chi connectivity index (χ3v) is 2.19. The minimum absolute atomic E-state index is 0.355. The number of aromatic nitrogens is 3. The largest absolute Gasteiger partial charge is 0.383 e. The molecule has 0 aliphatic rings. The fraction of sp³-hybridized carbons (Fsp3) is 0.273. The van der Waals surface area contributed by atoms with Gasteiger partial charge in [-0.2, -0.15) is 5.10 Å². The van der Waals surface area contributed by atoms with Crippen molar-refractivity contribution >= 4 is 5.82 Å². The number of ether oxygens (including phenoxy) is 1. The second-order valence-corrected chi connectivity index (χ2v) is 3.45. The Morgan fingerprint density at radius 2 is 2.35 bits per heavy atom. The summed E-state index contributed by atoms with van der Waals surface area (Å²) in [6.07, 6.45) is 1.17. The molecule has 0 amide bonds. The van der Waals surface area contributed by atoms with E-state index in [0.29, 0.717) is 24.7 Å². The Balaban J connectivity index is 2.04. The molecule has 2 N–H and O–H groups in total. The van der Waals surface area contributed by atoms with Gasteiger partial charge >= 0.3 is 0 Å². The summed E-state index contributed by atoms with van der Waals surface area (Å²) in [5.74, 6) is 0.356. The summed E-state index contributed by atoms with van der Waals surface area (Å²) in [7, 11) is 1.64. The quantitative estimate of drug-likeness (QED) is 0.775. The van der Waals surface area contributed by atoms with E-state index >= 15 is 0 Å². The SMILES string of the molecule is COCCNc1cc(-c2ccc(F)cn2)[nH]n1. The van der Waals surface area contributed by atoms with Crippen molar-refractivity contribution in [3.05, 3.63) is 30.2 Å². The highest BCUT2D eigenvalue weighted by Crippen LogP contribution is 2.17. The van der Waals surface area contributed by atoms with E-state index in [2.05, 4.69) is 20.5 Å². The highest BCUT2D eigenvalue weighted by molar-refractivity contribution is 5.58. The molecule has 0 fully saturated rings. The fourth-order valence-electron chi connectivity index (χ4n) is 1.36. The summed E-state index contributed by atoms with van der Waals surface area (Å²) < 4.78 is 17.6.